The van der Waals surface area contributed by atoms with Crippen molar-refractivity contribution < 1.29 is 23.8 Å². The second-order valence-corrected chi connectivity index (χ2v) is 5.40. The van der Waals surface area contributed by atoms with Crippen molar-refractivity contribution in [2.45, 2.75) is 25.4 Å². The quantitative estimate of drug-likeness (QED) is 0.782. The minimum Gasteiger partial charge on any atom is -0.497 e. The summed E-state index contributed by atoms with van der Waals surface area (Å²) in [5.41, 5.74) is 0.940. The third-order valence-electron chi connectivity index (χ3n) is 4.07. The molecule has 0 saturated carbocycles. The number of methoxy groups -OCH3 is 2. The molecule has 0 amide bonds. The Kier molecular flexibility index (Phi) is 3.01. The van der Waals surface area contributed by atoms with Crippen LogP contribution in [-0.2, 0) is 9.53 Å². The van der Waals surface area contributed by atoms with Crippen LogP contribution in [0.3, 0.4) is 0 Å². The molecule has 0 N–H and O–H groups in total. The molecule has 2 aliphatic rings. The Bertz CT molecular complexity index is 673. The minimum absolute atomic E-state index is 0.0353. The molecule has 0 bridgehead atoms. The average molecular weight is 288 g/mol. The number of benzene rings is 1. The van der Waals surface area contributed by atoms with Gasteiger partial charge in [0, 0.05) is 23.6 Å². The minimum atomic E-state index is -0.768. The van der Waals surface area contributed by atoms with Crippen LogP contribution in [0.15, 0.2) is 18.2 Å². The molecule has 0 spiro atoms. The van der Waals surface area contributed by atoms with Crippen LogP contribution in [0.2, 0.25) is 0 Å². The lowest BCUT2D eigenvalue weighted by Crippen LogP contribution is -2.40. The fourth-order valence-electron chi connectivity index (χ4n) is 2.90. The normalized spacial score (nSPS) is 23.7. The maximum atomic E-state index is 12.4. The molecule has 5 heteroatoms. The molecule has 0 saturated heterocycles. The van der Waals surface area contributed by atoms with Crippen molar-refractivity contribution in [3.8, 4) is 11.5 Å². The predicted molar refractivity (Wildman–Crippen MR) is 75.6 cm³/mol. The molecular weight excluding hydrogens is 272 g/mol. The number of allylic oxidation sites excluding steroid dienone is 1. The second kappa shape index (κ2) is 4.62. The summed E-state index contributed by atoms with van der Waals surface area (Å²) in [4.78, 5) is 24.1. The van der Waals surface area contributed by atoms with Crippen molar-refractivity contribution in [2.24, 2.45) is 0 Å². The van der Waals surface area contributed by atoms with Gasteiger partial charge in [0.25, 0.3) is 0 Å². The van der Waals surface area contributed by atoms with E-state index in [1.165, 1.54) is 7.11 Å². The number of fused-ring (bicyclic) bond motifs is 3. The monoisotopic (exact) mass is 288 g/mol. The standard InChI is InChI=1S/C16H16O5/c1-16-5-4-9(17)6-12(16)11-7-10(19-2)8-13(20-3)14(11)15(18)21-16/h6-8H,4-5H2,1-3H3/t16-/m0/s1. The highest BCUT2D eigenvalue weighted by Crippen LogP contribution is 2.47. The second-order valence-electron chi connectivity index (χ2n) is 5.40. The van der Waals surface area contributed by atoms with E-state index in [4.69, 9.17) is 14.2 Å². The third-order valence-corrected chi connectivity index (χ3v) is 4.07. The molecule has 1 aromatic rings. The Hall–Kier alpha value is -2.30. The van der Waals surface area contributed by atoms with Crippen LogP contribution in [0, 0.1) is 0 Å². The Balaban J connectivity index is 2.30. The summed E-state index contributed by atoms with van der Waals surface area (Å²) in [7, 11) is 3.03. The number of hydrogen-bond acceptors (Lipinski definition) is 5. The highest BCUT2D eigenvalue weighted by Gasteiger charge is 2.44. The summed E-state index contributed by atoms with van der Waals surface area (Å²) in [5, 5.41) is 0. The van der Waals surface area contributed by atoms with Gasteiger partial charge in [-0.15, -0.1) is 0 Å². The summed E-state index contributed by atoms with van der Waals surface area (Å²) in [6.45, 7) is 1.83. The molecule has 0 radical (unpaired) electrons. The van der Waals surface area contributed by atoms with Gasteiger partial charge >= 0.3 is 5.97 Å². The number of hydrogen-bond donors (Lipinski definition) is 0. The van der Waals surface area contributed by atoms with E-state index in [2.05, 4.69) is 0 Å². The summed E-state index contributed by atoms with van der Waals surface area (Å²) in [6.07, 6.45) is 2.43. The van der Waals surface area contributed by atoms with Gasteiger partial charge < -0.3 is 14.2 Å². The SMILES string of the molecule is COc1cc(OC)c2c(c1)C1=CC(=O)CC[C@]1(C)OC2=O. The molecular formula is C16H16O5. The Labute approximate surface area is 122 Å². The van der Waals surface area contributed by atoms with Gasteiger partial charge in [0.15, 0.2) is 5.78 Å². The Morgan fingerprint density at radius 1 is 1.19 bits per heavy atom. The summed E-state index contributed by atoms with van der Waals surface area (Å²) < 4.78 is 16.1. The molecule has 0 unspecified atom stereocenters. The Morgan fingerprint density at radius 3 is 2.62 bits per heavy atom. The van der Waals surface area contributed by atoms with E-state index < -0.39 is 11.6 Å². The zero-order valence-corrected chi connectivity index (χ0v) is 12.2. The molecule has 0 fully saturated rings. The van der Waals surface area contributed by atoms with Crippen molar-refractivity contribution in [3.05, 3.63) is 29.3 Å². The first-order chi connectivity index (χ1) is 9.98. The van der Waals surface area contributed by atoms with Crippen LogP contribution < -0.4 is 9.47 Å². The predicted octanol–water partition coefficient (Wildman–Crippen LogP) is 2.38. The van der Waals surface area contributed by atoms with Crippen LogP contribution in [-0.4, -0.2) is 31.6 Å². The number of rotatable bonds is 2. The highest BCUT2D eigenvalue weighted by molar-refractivity contribution is 6.08. The van der Waals surface area contributed by atoms with Crippen LogP contribution in [0.4, 0.5) is 0 Å². The number of ether oxygens (including phenoxy) is 3. The summed E-state index contributed by atoms with van der Waals surface area (Å²) >= 11 is 0. The molecule has 3 rings (SSSR count). The lowest BCUT2D eigenvalue weighted by Gasteiger charge is -2.39. The summed E-state index contributed by atoms with van der Waals surface area (Å²) in [5.74, 6) is 0.559. The van der Waals surface area contributed by atoms with E-state index in [0.29, 0.717) is 41.0 Å². The molecule has 1 aliphatic carbocycles. The third kappa shape index (κ3) is 2.00. The topological polar surface area (TPSA) is 61.8 Å². The molecule has 1 aliphatic heterocycles. The molecule has 0 aromatic heterocycles. The average Bonchev–Trinajstić information content (AvgIpc) is 2.47. The molecule has 1 atom stereocenters. The lowest BCUT2D eigenvalue weighted by atomic mass is 9.77. The molecule has 21 heavy (non-hydrogen) atoms. The van der Waals surface area contributed by atoms with Gasteiger partial charge in [-0.05, 0) is 25.5 Å². The van der Waals surface area contributed by atoms with Crippen molar-refractivity contribution >= 4 is 17.3 Å². The van der Waals surface area contributed by atoms with Crippen LogP contribution in [0.1, 0.15) is 35.7 Å². The maximum absolute atomic E-state index is 12.4. The fraction of sp³-hybridized carbons (Fsp3) is 0.375. The zero-order valence-electron chi connectivity index (χ0n) is 12.2. The van der Waals surface area contributed by atoms with Gasteiger partial charge in [-0.3, -0.25) is 4.79 Å². The summed E-state index contributed by atoms with van der Waals surface area (Å²) in [6, 6.07) is 3.38. The smallest absolute Gasteiger partial charge is 0.343 e. The van der Waals surface area contributed by atoms with Gasteiger partial charge in [0.1, 0.15) is 22.7 Å². The van der Waals surface area contributed by atoms with E-state index in [0.717, 1.165) is 0 Å². The van der Waals surface area contributed by atoms with Crippen LogP contribution >= 0.6 is 0 Å². The highest BCUT2D eigenvalue weighted by atomic mass is 16.6. The molecule has 1 aromatic carbocycles. The van der Waals surface area contributed by atoms with Crippen molar-refractivity contribution in [2.75, 3.05) is 14.2 Å². The molecule has 110 valence electrons. The van der Waals surface area contributed by atoms with Gasteiger partial charge in [-0.1, -0.05) is 0 Å². The van der Waals surface area contributed by atoms with E-state index in [1.54, 1.807) is 25.3 Å². The molecule has 5 nitrogen and oxygen atoms in total. The number of carbonyl (C=O) groups is 2. The zero-order chi connectivity index (χ0) is 15.2. The first kappa shape index (κ1) is 13.7. The van der Waals surface area contributed by atoms with Crippen molar-refractivity contribution in [1.29, 1.82) is 0 Å². The van der Waals surface area contributed by atoms with Crippen LogP contribution in [0.5, 0.6) is 11.5 Å². The van der Waals surface area contributed by atoms with Gasteiger partial charge in [-0.2, -0.15) is 0 Å². The number of esters is 1. The first-order valence-corrected chi connectivity index (χ1v) is 6.73. The van der Waals surface area contributed by atoms with E-state index in [-0.39, 0.29) is 5.78 Å². The maximum Gasteiger partial charge on any atom is 0.343 e. The number of ketones is 1. The Morgan fingerprint density at radius 2 is 1.95 bits per heavy atom. The van der Waals surface area contributed by atoms with E-state index in [9.17, 15) is 9.59 Å². The van der Waals surface area contributed by atoms with Gasteiger partial charge in [0.2, 0.25) is 0 Å². The van der Waals surface area contributed by atoms with Crippen molar-refractivity contribution in [1.82, 2.24) is 0 Å². The number of carbonyl (C=O) groups excluding carboxylic acids is 2. The lowest BCUT2D eigenvalue weighted by molar-refractivity contribution is -0.116. The first-order valence-electron chi connectivity index (χ1n) is 6.73. The van der Waals surface area contributed by atoms with E-state index >= 15 is 0 Å². The molecule has 1 heterocycles. The largest absolute Gasteiger partial charge is 0.497 e. The van der Waals surface area contributed by atoms with Gasteiger partial charge in [0.05, 0.1) is 14.2 Å². The van der Waals surface area contributed by atoms with E-state index in [1.807, 2.05) is 6.92 Å². The van der Waals surface area contributed by atoms with Crippen LogP contribution in [0.25, 0.3) is 5.57 Å². The van der Waals surface area contributed by atoms with Crippen molar-refractivity contribution in [3.63, 3.8) is 0 Å². The fourth-order valence-corrected chi connectivity index (χ4v) is 2.90. The van der Waals surface area contributed by atoms with Gasteiger partial charge in [-0.25, -0.2) is 4.79 Å².